The summed E-state index contributed by atoms with van der Waals surface area (Å²) in [4.78, 5) is 20.5. The fourth-order valence-electron chi connectivity index (χ4n) is 3.08. The van der Waals surface area contributed by atoms with Crippen LogP contribution >= 0.6 is 23.2 Å². The van der Waals surface area contributed by atoms with E-state index in [9.17, 15) is 4.79 Å². The third-order valence-corrected chi connectivity index (χ3v) is 5.18. The summed E-state index contributed by atoms with van der Waals surface area (Å²) >= 11 is 12.6. The number of aromatic amines is 1. The van der Waals surface area contributed by atoms with Crippen molar-refractivity contribution in [2.24, 2.45) is 0 Å². The molecule has 0 radical (unpaired) electrons. The summed E-state index contributed by atoms with van der Waals surface area (Å²) in [6.07, 6.45) is 0. The first-order valence-electron chi connectivity index (χ1n) is 8.97. The number of fused-ring (bicyclic) bond motifs is 1. The summed E-state index contributed by atoms with van der Waals surface area (Å²) in [5.74, 6) is 1.42. The molecule has 152 valence electrons. The molecule has 0 bridgehead atoms. The van der Waals surface area contributed by atoms with Crippen molar-refractivity contribution in [2.75, 3.05) is 19.5 Å². The zero-order valence-corrected chi connectivity index (χ0v) is 17.6. The van der Waals surface area contributed by atoms with E-state index in [0.717, 1.165) is 0 Å². The van der Waals surface area contributed by atoms with Crippen LogP contribution in [0.1, 0.15) is 10.4 Å². The number of nitrogens with one attached hydrogen (secondary N) is 2. The van der Waals surface area contributed by atoms with Crippen molar-refractivity contribution in [3.63, 3.8) is 0 Å². The van der Waals surface area contributed by atoms with Crippen LogP contribution in [0.15, 0.2) is 54.6 Å². The molecule has 30 heavy (non-hydrogen) atoms. The molecule has 2 N–H and O–H groups in total. The second-order valence-corrected chi connectivity index (χ2v) is 7.28. The number of anilines is 1. The molecule has 8 heteroatoms. The molecule has 3 aromatic carbocycles. The van der Waals surface area contributed by atoms with Crippen LogP contribution in [0.5, 0.6) is 11.5 Å². The van der Waals surface area contributed by atoms with Crippen LogP contribution in [-0.2, 0) is 0 Å². The number of carbonyl (C=O) groups is 1. The number of nitrogens with zero attached hydrogens (tertiary/aromatic N) is 1. The molecule has 4 aromatic rings. The highest BCUT2D eigenvalue weighted by molar-refractivity contribution is 6.39. The van der Waals surface area contributed by atoms with E-state index >= 15 is 0 Å². The van der Waals surface area contributed by atoms with Crippen molar-refractivity contribution in [3.8, 4) is 22.9 Å². The number of amides is 1. The van der Waals surface area contributed by atoms with E-state index in [1.54, 1.807) is 68.8 Å². The van der Waals surface area contributed by atoms with Crippen LogP contribution in [0.4, 0.5) is 5.69 Å². The fraction of sp³-hybridized carbons (Fsp3) is 0.0909. The van der Waals surface area contributed by atoms with Gasteiger partial charge >= 0.3 is 0 Å². The maximum Gasteiger partial charge on any atom is 0.255 e. The van der Waals surface area contributed by atoms with Crippen LogP contribution in [0, 0.1) is 0 Å². The monoisotopic (exact) mass is 441 g/mol. The molecule has 0 unspecified atom stereocenters. The van der Waals surface area contributed by atoms with Gasteiger partial charge in [0, 0.05) is 29.4 Å². The largest absolute Gasteiger partial charge is 0.497 e. The summed E-state index contributed by atoms with van der Waals surface area (Å²) in [5, 5.41) is 3.84. The van der Waals surface area contributed by atoms with E-state index in [1.807, 2.05) is 0 Å². The molecule has 4 rings (SSSR count). The van der Waals surface area contributed by atoms with Crippen LogP contribution in [0.2, 0.25) is 10.0 Å². The zero-order valence-electron chi connectivity index (χ0n) is 16.1. The number of imidazole rings is 1. The number of ether oxygens (including phenoxy) is 2. The van der Waals surface area contributed by atoms with Crippen molar-refractivity contribution < 1.29 is 14.3 Å². The van der Waals surface area contributed by atoms with Gasteiger partial charge in [-0.2, -0.15) is 0 Å². The number of methoxy groups -OCH3 is 2. The van der Waals surface area contributed by atoms with Gasteiger partial charge in [0.2, 0.25) is 0 Å². The number of halogens is 2. The van der Waals surface area contributed by atoms with Gasteiger partial charge in [-0.1, -0.05) is 29.3 Å². The summed E-state index contributed by atoms with van der Waals surface area (Å²) in [6, 6.07) is 15.6. The lowest BCUT2D eigenvalue weighted by molar-refractivity contribution is 0.102. The Morgan fingerprint density at radius 1 is 0.967 bits per heavy atom. The Labute approximate surface area is 182 Å². The maximum absolute atomic E-state index is 12.8. The molecule has 0 spiro atoms. The highest BCUT2D eigenvalue weighted by Crippen LogP contribution is 2.34. The van der Waals surface area contributed by atoms with Gasteiger partial charge in [-0.05, 0) is 30.3 Å². The van der Waals surface area contributed by atoms with Crippen LogP contribution in [0.3, 0.4) is 0 Å². The zero-order chi connectivity index (χ0) is 21.3. The van der Waals surface area contributed by atoms with Crippen molar-refractivity contribution in [3.05, 3.63) is 70.2 Å². The highest BCUT2D eigenvalue weighted by atomic mass is 35.5. The van der Waals surface area contributed by atoms with Gasteiger partial charge in [0.15, 0.2) is 0 Å². The van der Waals surface area contributed by atoms with Gasteiger partial charge < -0.3 is 19.8 Å². The molecule has 0 aliphatic heterocycles. The molecule has 0 saturated carbocycles. The average Bonchev–Trinajstić information content (AvgIpc) is 3.15. The predicted octanol–water partition coefficient (Wildman–Crippen LogP) is 5.81. The Balaban J connectivity index is 1.65. The molecular weight excluding hydrogens is 425 g/mol. The van der Waals surface area contributed by atoms with E-state index in [1.165, 1.54) is 0 Å². The van der Waals surface area contributed by atoms with Gasteiger partial charge in [0.05, 0.1) is 40.9 Å². The van der Waals surface area contributed by atoms with Crippen LogP contribution < -0.4 is 14.8 Å². The predicted molar refractivity (Wildman–Crippen MR) is 119 cm³/mol. The highest BCUT2D eigenvalue weighted by Gasteiger charge is 2.15. The molecule has 0 saturated heterocycles. The topological polar surface area (TPSA) is 76.2 Å². The third-order valence-electron chi connectivity index (χ3n) is 4.55. The molecule has 1 amide bonds. The Hall–Kier alpha value is -3.22. The van der Waals surface area contributed by atoms with Crippen molar-refractivity contribution in [1.82, 2.24) is 9.97 Å². The summed E-state index contributed by atoms with van der Waals surface area (Å²) in [7, 11) is 3.10. The number of aromatic nitrogens is 2. The lowest BCUT2D eigenvalue weighted by atomic mass is 10.2. The quantitative estimate of drug-likeness (QED) is 0.409. The third kappa shape index (κ3) is 3.92. The minimum atomic E-state index is -0.279. The van der Waals surface area contributed by atoms with E-state index < -0.39 is 0 Å². The summed E-state index contributed by atoms with van der Waals surface area (Å²) < 4.78 is 10.5. The van der Waals surface area contributed by atoms with Crippen molar-refractivity contribution in [2.45, 2.75) is 0 Å². The lowest BCUT2D eigenvalue weighted by Crippen LogP contribution is -2.12. The molecular formula is C22H17Cl2N3O3. The van der Waals surface area contributed by atoms with E-state index in [4.69, 9.17) is 32.7 Å². The van der Waals surface area contributed by atoms with Gasteiger partial charge in [-0.3, -0.25) is 4.79 Å². The SMILES string of the molecule is COc1cc(NC(=O)c2ccc3nc(-c4c(Cl)cccc4Cl)[nH]c3c2)cc(OC)c1. The minimum Gasteiger partial charge on any atom is -0.497 e. The average molecular weight is 442 g/mol. The first-order valence-corrected chi connectivity index (χ1v) is 9.72. The van der Waals surface area contributed by atoms with Gasteiger partial charge in [0.1, 0.15) is 17.3 Å². The van der Waals surface area contributed by atoms with Crippen LogP contribution in [-0.4, -0.2) is 30.1 Å². The van der Waals surface area contributed by atoms with E-state index in [-0.39, 0.29) is 5.91 Å². The first-order chi connectivity index (χ1) is 14.5. The molecule has 1 heterocycles. The number of rotatable bonds is 5. The van der Waals surface area contributed by atoms with Gasteiger partial charge in [-0.15, -0.1) is 0 Å². The molecule has 0 aliphatic rings. The van der Waals surface area contributed by atoms with Crippen molar-refractivity contribution in [1.29, 1.82) is 0 Å². The molecule has 1 aromatic heterocycles. The normalized spacial score (nSPS) is 10.8. The second kappa shape index (κ2) is 8.26. The van der Waals surface area contributed by atoms with E-state index in [2.05, 4.69) is 15.3 Å². The molecule has 0 aliphatic carbocycles. The fourth-order valence-corrected chi connectivity index (χ4v) is 3.65. The second-order valence-electron chi connectivity index (χ2n) is 6.47. The standard InChI is InChI=1S/C22H17Cl2N3O3/c1-29-14-9-13(10-15(11-14)30-2)25-22(28)12-6-7-18-19(8-12)27-21(26-18)20-16(23)4-3-5-17(20)24/h3-11H,1-2H3,(H,25,28)(H,26,27). The van der Waals surface area contributed by atoms with Crippen LogP contribution in [0.25, 0.3) is 22.4 Å². The Kier molecular flexibility index (Phi) is 5.53. The smallest absolute Gasteiger partial charge is 0.255 e. The Morgan fingerprint density at radius 2 is 1.63 bits per heavy atom. The van der Waals surface area contributed by atoms with Crippen molar-refractivity contribution >= 4 is 45.8 Å². The van der Waals surface area contributed by atoms with Gasteiger partial charge in [-0.25, -0.2) is 4.98 Å². The molecule has 6 nitrogen and oxygen atoms in total. The number of H-pyrrole nitrogens is 1. The lowest BCUT2D eigenvalue weighted by Gasteiger charge is -2.10. The minimum absolute atomic E-state index is 0.279. The molecule has 0 fully saturated rings. The van der Waals surface area contributed by atoms with E-state index in [0.29, 0.717) is 55.2 Å². The number of hydrogen-bond donors (Lipinski definition) is 2. The first kappa shape index (κ1) is 20.1. The number of benzene rings is 3. The summed E-state index contributed by atoms with van der Waals surface area (Å²) in [5.41, 5.74) is 3.03. The Bertz CT molecular complexity index is 1210. The summed E-state index contributed by atoms with van der Waals surface area (Å²) in [6.45, 7) is 0. The number of carbonyl (C=O) groups excluding carboxylic acids is 1. The maximum atomic E-state index is 12.8. The molecule has 0 atom stereocenters. The number of hydrogen-bond acceptors (Lipinski definition) is 4. The Morgan fingerprint density at radius 3 is 2.27 bits per heavy atom. The van der Waals surface area contributed by atoms with Gasteiger partial charge in [0.25, 0.3) is 5.91 Å².